The third kappa shape index (κ3) is 1.64. The number of hydrogen-bond donors (Lipinski definition) is 1. The van der Waals surface area contributed by atoms with Gasteiger partial charge in [0.25, 0.3) is 0 Å². The molecule has 0 aliphatic heterocycles. The molecule has 1 aliphatic rings. The van der Waals surface area contributed by atoms with Gasteiger partial charge in [-0.2, -0.15) is 0 Å². The predicted molar refractivity (Wildman–Crippen MR) is 47.7 cm³/mol. The summed E-state index contributed by atoms with van der Waals surface area (Å²) in [6.45, 7) is 7.34. The quantitative estimate of drug-likeness (QED) is 0.640. The molecule has 66 valence electrons. The lowest BCUT2D eigenvalue weighted by atomic mass is 9.85. The highest BCUT2D eigenvalue weighted by Gasteiger charge is 2.26. The number of aliphatic hydroxyl groups excluding tert-OH is 1. The second-order valence-electron chi connectivity index (χ2n) is 3.41. The Morgan fingerprint density at radius 3 is 2.75 bits per heavy atom. The van der Waals surface area contributed by atoms with E-state index in [-0.39, 0.29) is 11.7 Å². The Kier molecular flexibility index (Phi) is 2.48. The minimum absolute atomic E-state index is 0.00625. The fraction of sp³-hybridized carbons (Fsp3) is 0.500. The molecule has 2 atom stereocenters. The Morgan fingerprint density at radius 1 is 1.75 bits per heavy atom. The molecule has 2 nitrogen and oxygen atoms in total. The van der Waals surface area contributed by atoms with Crippen molar-refractivity contribution in [2.75, 3.05) is 0 Å². The summed E-state index contributed by atoms with van der Waals surface area (Å²) >= 11 is 0. The summed E-state index contributed by atoms with van der Waals surface area (Å²) in [5.41, 5.74) is 1.75. The molecule has 0 aromatic rings. The molecule has 1 N–H and O–H groups in total. The van der Waals surface area contributed by atoms with Gasteiger partial charge >= 0.3 is 0 Å². The first-order chi connectivity index (χ1) is 5.52. The lowest BCUT2D eigenvalue weighted by Crippen LogP contribution is -2.29. The van der Waals surface area contributed by atoms with Gasteiger partial charge in [0.2, 0.25) is 0 Å². The van der Waals surface area contributed by atoms with E-state index in [2.05, 4.69) is 6.58 Å². The van der Waals surface area contributed by atoms with Crippen LogP contribution in [0.2, 0.25) is 0 Å². The third-order valence-electron chi connectivity index (χ3n) is 2.32. The van der Waals surface area contributed by atoms with Gasteiger partial charge in [-0.05, 0) is 25.0 Å². The van der Waals surface area contributed by atoms with Crippen molar-refractivity contribution in [2.24, 2.45) is 5.92 Å². The van der Waals surface area contributed by atoms with Crippen LogP contribution in [-0.4, -0.2) is 17.0 Å². The number of carbonyl (C=O) groups is 1. The molecule has 0 fully saturated rings. The van der Waals surface area contributed by atoms with Crippen molar-refractivity contribution in [3.63, 3.8) is 0 Å². The van der Waals surface area contributed by atoms with Gasteiger partial charge in [0.05, 0.1) is 6.10 Å². The van der Waals surface area contributed by atoms with Crippen molar-refractivity contribution in [1.29, 1.82) is 0 Å². The molecule has 1 rings (SSSR count). The van der Waals surface area contributed by atoms with Crippen molar-refractivity contribution in [2.45, 2.75) is 26.4 Å². The molecule has 0 saturated carbocycles. The number of rotatable bonds is 1. The largest absolute Gasteiger partial charge is 0.392 e. The van der Waals surface area contributed by atoms with E-state index in [1.807, 2.05) is 6.92 Å². The number of ketones is 1. The summed E-state index contributed by atoms with van der Waals surface area (Å²) in [6.07, 6.45) is 1.62. The van der Waals surface area contributed by atoms with Gasteiger partial charge in [-0.3, -0.25) is 4.79 Å². The highest BCUT2D eigenvalue weighted by atomic mass is 16.3. The van der Waals surface area contributed by atoms with E-state index in [0.717, 1.165) is 11.1 Å². The van der Waals surface area contributed by atoms with Crippen LogP contribution in [0.3, 0.4) is 0 Å². The summed E-state index contributed by atoms with van der Waals surface area (Å²) < 4.78 is 0. The normalized spacial score (nSPS) is 29.9. The fourth-order valence-electron chi connectivity index (χ4n) is 1.25. The minimum atomic E-state index is -0.533. The average Bonchev–Trinajstić information content (AvgIpc) is 1.99. The van der Waals surface area contributed by atoms with Crippen LogP contribution in [-0.2, 0) is 4.79 Å². The van der Waals surface area contributed by atoms with E-state index in [4.69, 9.17) is 0 Å². The molecule has 0 spiro atoms. The molecule has 2 heteroatoms. The van der Waals surface area contributed by atoms with E-state index in [1.54, 1.807) is 13.0 Å². The third-order valence-corrected chi connectivity index (χ3v) is 2.32. The van der Waals surface area contributed by atoms with Crippen LogP contribution in [0.5, 0.6) is 0 Å². The molecular weight excluding hydrogens is 152 g/mol. The second-order valence-corrected chi connectivity index (χ2v) is 3.41. The van der Waals surface area contributed by atoms with E-state index < -0.39 is 6.10 Å². The van der Waals surface area contributed by atoms with Crippen LogP contribution in [0.1, 0.15) is 20.3 Å². The average molecular weight is 166 g/mol. The Balaban J connectivity index is 2.89. The van der Waals surface area contributed by atoms with Crippen molar-refractivity contribution in [3.05, 3.63) is 23.8 Å². The maximum absolute atomic E-state index is 11.2. The van der Waals surface area contributed by atoms with Gasteiger partial charge in [0, 0.05) is 5.92 Å². The minimum Gasteiger partial charge on any atom is -0.392 e. The van der Waals surface area contributed by atoms with Gasteiger partial charge in [-0.1, -0.05) is 19.1 Å². The topological polar surface area (TPSA) is 37.3 Å². The lowest BCUT2D eigenvalue weighted by molar-refractivity contribution is -0.121. The maximum atomic E-state index is 11.2. The molecule has 12 heavy (non-hydrogen) atoms. The number of allylic oxidation sites excluding steroid dienone is 2. The molecule has 0 radical (unpaired) electrons. The van der Waals surface area contributed by atoms with Crippen molar-refractivity contribution >= 4 is 5.78 Å². The standard InChI is InChI=1S/C10H14O2/c1-6(2)8-4-9(11)7(3)10(12)5-8/h4,7,10,12H,1,5H2,2-3H3/t7-,10?/m0/s1. The zero-order valence-corrected chi connectivity index (χ0v) is 7.50. The van der Waals surface area contributed by atoms with Gasteiger partial charge in [-0.15, -0.1) is 0 Å². The van der Waals surface area contributed by atoms with Crippen LogP contribution in [0.4, 0.5) is 0 Å². The number of carbonyl (C=O) groups excluding carboxylic acids is 1. The Labute approximate surface area is 72.6 Å². The molecule has 0 saturated heterocycles. The smallest absolute Gasteiger partial charge is 0.161 e. The predicted octanol–water partition coefficient (Wildman–Crippen LogP) is 1.46. The lowest BCUT2D eigenvalue weighted by Gasteiger charge is -2.23. The maximum Gasteiger partial charge on any atom is 0.161 e. The molecule has 0 aromatic carbocycles. The highest BCUT2D eigenvalue weighted by molar-refractivity contribution is 5.94. The fourth-order valence-corrected chi connectivity index (χ4v) is 1.25. The highest BCUT2D eigenvalue weighted by Crippen LogP contribution is 2.24. The molecule has 0 heterocycles. The molecule has 0 aromatic heterocycles. The Bertz CT molecular complexity index is 251. The molecule has 1 unspecified atom stereocenters. The zero-order chi connectivity index (χ0) is 9.30. The summed E-state index contributed by atoms with van der Waals surface area (Å²) in [5, 5.41) is 9.46. The molecular formula is C10H14O2. The molecule has 0 bridgehead atoms. The van der Waals surface area contributed by atoms with Crippen molar-refractivity contribution in [3.8, 4) is 0 Å². The Morgan fingerprint density at radius 2 is 2.33 bits per heavy atom. The monoisotopic (exact) mass is 166 g/mol. The van der Waals surface area contributed by atoms with Gasteiger partial charge < -0.3 is 5.11 Å². The van der Waals surface area contributed by atoms with Crippen LogP contribution < -0.4 is 0 Å². The van der Waals surface area contributed by atoms with Crippen LogP contribution in [0, 0.1) is 5.92 Å². The summed E-state index contributed by atoms with van der Waals surface area (Å²) in [5.74, 6) is -0.250. The number of aliphatic hydroxyl groups is 1. The van der Waals surface area contributed by atoms with E-state index >= 15 is 0 Å². The van der Waals surface area contributed by atoms with Crippen molar-refractivity contribution < 1.29 is 9.90 Å². The van der Waals surface area contributed by atoms with E-state index in [0.29, 0.717) is 6.42 Å². The van der Waals surface area contributed by atoms with Crippen molar-refractivity contribution in [1.82, 2.24) is 0 Å². The summed E-state index contributed by atoms with van der Waals surface area (Å²) in [4.78, 5) is 11.2. The first-order valence-corrected chi connectivity index (χ1v) is 4.10. The molecule has 1 aliphatic carbocycles. The number of hydrogen-bond acceptors (Lipinski definition) is 2. The van der Waals surface area contributed by atoms with E-state index in [9.17, 15) is 9.90 Å². The Hall–Kier alpha value is -0.890. The summed E-state index contributed by atoms with van der Waals surface area (Å²) in [7, 11) is 0. The van der Waals surface area contributed by atoms with Crippen LogP contribution >= 0.6 is 0 Å². The summed E-state index contributed by atoms with van der Waals surface area (Å²) in [6, 6.07) is 0. The molecule has 0 amide bonds. The first kappa shape index (κ1) is 9.20. The van der Waals surface area contributed by atoms with E-state index in [1.165, 1.54) is 0 Å². The van der Waals surface area contributed by atoms with Gasteiger partial charge in [0.1, 0.15) is 0 Å². The first-order valence-electron chi connectivity index (χ1n) is 4.10. The second kappa shape index (κ2) is 3.23. The zero-order valence-electron chi connectivity index (χ0n) is 7.50. The van der Waals surface area contributed by atoms with Gasteiger partial charge in [-0.25, -0.2) is 0 Å². The SMILES string of the molecule is C=C(C)C1=CC(=O)[C@H](C)C(O)C1. The van der Waals surface area contributed by atoms with Crippen LogP contribution in [0.25, 0.3) is 0 Å². The van der Waals surface area contributed by atoms with Gasteiger partial charge in [0.15, 0.2) is 5.78 Å². The van der Waals surface area contributed by atoms with Crippen LogP contribution in [0.15, 0.2) is 23.8 Å².